The number of fused-ring (bicyclic) bond motifs is 2. The van der Waals surface area contributed by atoms with E-state index in [1.807, 2.05) is 32.3 Å². The third kappa shape index (κ3) is 3.43. The van der Waals surface area contributed by atoms with Crippen LogP contribution < -0.4 is 10.2 Å². The average Bonchev–Trinajstić information content (AvgIpc) is 3.23. The molecule has 2 aliphatic rings. The van der Waals surface area contributed by atoms with Crippen LogP contribution in [0, 0.1) is 5.92 Å². The first-order valence-electron chi connectivity index (χ1n) is 10.4. The summed E-state index contributed by atoms with van der Waals surface area (Å²) < 4.78 is 0. The molecule has 0 radical (unpaired) electrons. The van der Waals surface area contributed by atoms with E-state index in [9.17, 15) is 4.79 Å². The Labute approximate surface area is 181 Å². The summed E-state index contributed by atoms with van der Waals surface area (Å²) in [5, 5.41) is 5.75. The molecule has 1 aromatic heterocycles. The number of ketones is 1. The smallest absolute Gasteiger partial charge is 0.144 e. The third-order valence-corrected chi connectivity index (χ3v) is 7.17. The van der Waals surface area contributed by atoms with E-state index in [1.165, 1.54) is 4.88 Å². The molecule has 1 saturated carbocycles. The summed E-state index contributed by atoms with van der Waals surface area (Å²) in [5.41, 5.74) is 5.18. The second-order valence-corrected chi connectivity index (χ2v) is 9.27. The number of benzene rings is 2. The molecule has 0 spiro atoms. The molecule has 1 aliphatic carbocycles. The van der Waals surface area contributed by atoms with Crippen LogP contribution in [-0.2, 0) is 4.79 Å². The summed E-state index contributed by atoms with van der Waals surface area (Å²) >= 11 is 1.74. The maximum atomic E-state index is 13.5. The minimum Gasteiger partial charge on any atom is -0.378 e. The molecule has 1 fully saturated rings. The van der Waals surface area contributed by atoms with Crippen LogP contribution in [0.5, 0.6) is 0 Å². The molecule has 3 atom stereocenters. The second kappa shape index (κ2) is 7.73. The molecular formula is C25H25N3OS. The van der Waals surface area contributed by atoms with Gasteiger partial charge < -0.3 is 10.2 Å². The average molecular weight is 416 g/mol. The predicted molar refractivity (Wildman–Crippen MR) is 125 cm³/mol. The lowest BCUT2D eigenvalue weighted by Gasteiger charge is -2.33. The lowest BCUT2D eigenvalue weighted by Crippen LogP contribution is -2.38. The number of nitrogens with one attached hydrogen (secondary N) is 1. The summed E-state index contributed by atoms with van der Waals surface area (Å²) in [7, 11) is 4.07. The molecule has 1 N–H and O–H groups in total. The molecule has 0 bridgehead atoms. The first kappa shape index (κ1) is 19.1. The Balaban J connectivity index is 1.57. The number of carbonyl (C=O) groups is 1. The fourth-order valence-electron chi connectivity index (χ4n) is 4.58. The highest BCUT2D eigenvalue weighted by Crippen LogP contribution is 2.44. The molecule has 4 nitrogen and oxygen atoms in total. The Morgan fingerprint density at radius 1 is 1.00 bits per heavy atom. The maximum absolute atomic E-state index is 13.5. The first-order chi connectivity index (χ1) is 14.6. The minimum absolute atomic E-state index is 0.111. The van der Waals surface area contributed by atoms with Crippen molar-refractivity contribution in [1.82, 2.24) is 0 Å². The summed E-state index contributed by atoms with van der Waals surface area (Å²) in [6.07, 6.45) is 1.41. The van der Waals surface area contributed by atoms with Crippen molar-refractivity contribution in [2.75, 3.05) is 24.3 Å². The van der Waals surface area contributed by atoms with Crippen LogP contribution in [0.15, 0.2) is 71.0 Å². The molecule has 5 rings (SSSR count). The van der Waals surface area contributed by atoms with Crippen LogP contribution in [0.1, 0.15) is 35.2 Å². The van der Waals surface area contributed by atoms with Crippen molar-refractivity contribution in [1.29, 1.82) is 0 Å². The monoisotopic (exact) mass is 415 g/mol. The first-order valence-corrected chi connectivity index (χ1v) is 11.2. The van der Waals surface area contributed by atoms with Gasteiger partial charge in [0.2, 0.25) is 0 Å². The van der Waals surface area contributed by atoms with Crippen molar-refractivity contribution in [2.24, 2.45) is 10.9 Å². The predicted octanol–water partition coefficient (Wildman–Crippen LogP) is 5.82. The molecule has 3 aromatic rings. The van der Waals surface area contributed by atoms with Gasteiger partial charge in [0.05, 0.1) is 23.3 Å². The van der Waals surface area contributed by atoms with E-state index in [2.05, 4.69) is 58.1 Å². The number of para-hydroxylation sites is 2. The summed E-state index contributed by atoms with van der Waals surface area (Å²) in [5.74, 6) is 0.272. The van der Waals surface area contributed by atoms with Gasteiger partial charge in [0, 0.05) is 42.7 Å². The standard InChI is InChI=1S/C25H25N3OS/c1-28(2)18-11-9-16(10-12-18)25-24-21(26-19-6-3-4-7-20(19)27-25)14-17(15-22(24)29)23-8-5-13-30-23/h3-13,17,24-25,27H,14-15H2,1-2H3/t17-,24+,25-/m1/s1. The molecule has 152 valence electrons. The van der Waals surface area contributed by atoms with Gasteiger partial charge in [-0.25, -0.2) is 0 Å². The summed E-state index contributed by atoms with van der Waals surface area (Å²) in [6, 6.07) is 20.7. The zero-order chi connectivity index (χ0) is 20.7. The normalized spacial score (nSPS) is 22.9. The van der Waals surface area contributed by atoms with Gasteiger partial charge >= 0.3 is 0 Å². The molecule has 0 unspecified atom stereocenters. The number of hydrogen-bond acceptors (Lipinski definition) is 5. The Morgan fingerprint density at radius 3 is 2.53 bits per heavy atom. The molecule has 0 amide bonds. The Bertz CT molecular complexity index is 1090. The maximum Gasteiger partial charge on any atom is 0.144 e. The van der Waals surface area contributed by atoms with E-state index in [0.29, 0.717) is 6.42 Å². The van der Waals surface area contributed by atoms with Gasteiger partial charge in [0.15, 0.2) is 0 Å². The zero-order valence-electron chi connectivity index (χ0n) is 17.2. The van der Waals surface area contributed by atoms with Gasteiger partial charge in [-0.3, -0.25) is 9.79 Å². The second-order valence-electron chi connectivity index (χ2n) is 8.29. The number of rotatable bonds is 3. The van der Waals surface area contributed by atoms with Gasteiger partial charge in [-0.1, -0.05) is 30.3 Å². The largest absolute Gasteiger partial charge is 0.378 e. The van der Waals surface area contributed by atoms with Crippen molar-refractivity contribution in [3.8, 4) is 0 Å². The highest BCUT2D eigenvalue weighted by atomic mass is 32.1. The van der Waals surface area contributed by atoms with Crippen molar-refractivity contribution in [2.45, 2.75) is 24.8 Å². The highest BCUT2D eigenvalue weighted by molar-refractivity contribution is 7.10. The van der Waals surface area contributed by atoms with Gasteiger partial charge in [-0.05, 0) is 47.7 Å². The zero-order valence-corrected chi connectivity index (χ0v) is 18.0. The number of anilines is 2. The van der Waals surface area contributed by atoms with Crippen LogP contribution in [-0.4, -0.2) is 25.6 Å². The van der Waals surface area contributed by atoms with E-state index in [-0.39, 0.29) is 23.7 Å². The van der Waals surface area contributed by atoms with Gasteiger partial charge in [-0.2, -0.15) is 0 Å². The number of carbonyl (C=O) groups excluding carboxylic acids is 1. The van der Waals surface area contributed by atoms with Crippen LogP contribution in [0.2, 0.25) is 0 Å². The molecule has 0 saturated heterocycles. The molecular weight excluding hydrogens is 390 g/mol. The fraction of sp³-hybridized carbons (Fsp3) is 0.280. The quantitative estimate of drug-likeness (QED) is 0.586. The molecule has 1 aliphatic heterocycles. The van der Waals surface area contributed by atoms with Crippen molar-refractivity contribution >= 4 is 39.9 Å². The minimum atomic E-state index is -0.237. The van der Waals surface area contributed by atoms with Crippen LogP contribution >= 0.6 is 11.3 Å². The SMILES string of the molecule is CN(C)c1ccc([C@H]2Nc3ccccc3N=C3C[C@@H](c4cccs4)CC(=O)[C@H]32)cc1. The molecule has 5 heteroatoms. The number of hydrogen-bond donors (Lipinski definition) is 1. The molecule has 2 heterocycles. The van der Waals surface area contributed by atoms with Gasteiger partial charge in [-0.15, -0.1) is 11.3 Å². The number of thiophene rings is 1. The van der Waals surface area contributed by atoms with Gasteiger partial charge in [0.1, 0.15) is 5.78 Å². The topological polar surface area (TPSA) is 44.7 Å². The van der Waals surface area contributed by atoms with Crippen LogP contribution in [0.3, 0.4) is 0 Å². The van der Waals surface area contributed by atoms with E-state index < -0.39 is 0 Å². The van der Waals surface area contributed by atoms with E-state index in [1.54, 1.807) is 11.3 Å². The summed E-state index contributed by atoms with van der Waals surface area (Å²) in [4.78, 5) is 21.9. The number of nitrogens with zero attached hydrogens (tertiary/aromatic N) is 2. The lowest BCUT2D eigenvalue weighted by atomic mass is 9.74. The number of aliphatic imine (C=N–C) groups is 1. The molecule has 2 aromatic carbocycles. The Kier molecular flexibility index (Phi) is 4.91. The summed E-state index contributed by atoms with van der Waals surface area (Å²) in [6.45, 7) is 0. The highest BCUT2D eigenvalue weighted by Gasteiger charge is 2.41. The third-order valence-electron chi connectivity index (χ3n) is 6.14. The van der Waals surface area contributed by atoms with E-state index in [0.717, 1.165) is 34.8 Å². The van der Waals surface area contributed by atoms with Crippen LogP contribution in [0.4, 0.5) is 17.1 Å². The number of Topliss-reactive ketones (excluding diaryl/α,β-unsaturated/α-hetero) is 1. The van der Waals surface area contributed by atoms with Crippen LogP contribution in [0.25, 0.3) is 0 Å². The van der Waals surface area contributed by atoms with Crippen molar-refractivity contribution in [3.05, 3.63) is 76.5 Å². The van der Waals surface area contributed by atoms with Crippen molar-refractivity contribution in [3.63, 3.8) is 0 Å². The van der Waals surface area contributed by atoms with E-state index in [4.69, 9.17) is 4.99 Å². The Hall–Kier alpha value is -2.92. The molecule has 30 heavy (non-hydrogen) atoms. The fourth-order valence-corrected chi connectivity index (χ4v) is 5.41. The Morgan fingerprint density at radius 2 is 1.80 bits per heavy atom. The van der Waals surface area contributed by atoms with E-state index >= 15 is 0 Å². The lowest BCUT2D eigenvalue weighted by molar-refractivity contribution is -0.122. The van der Waals surface area contributed by atoms with Gasteiger partial charge in [0.25, 0.3) is 0 Å². The van der Waals surface area contributed by atoms with Crippen molar-refractivity contribution < 1.29 is 4.79 Å².